The number of nitrogens with one attached hydrogen (secondary N) is 1. The van der Waals surface area contributed by atoms with Gasteiger partial charge in [-0.05, 0) is 24.8 Å². The quantitative estimate of drug-likeness (QED) is 0.757. The largest absolute Gasteiger partial charge is 0.392 e. The molecule has 2 rings (SSSR count). The fraction of sp³-hybridized carbons (Fsp3) is 0.562. The van der Waals surface area contributed by atoms with Crippen molar-refractivity contribution in [2.24, 2.45) is 11.1 Å². The molecule has 20 heavy (non-hydrogen) atoms. The van der Waals surface area contributed by atoms with Crippen molar-refractivity contribution in [1.82, 2.24) is 5.32 Å². The molecule has 3 atom stereocenters. The summed E-state index contributed by atoms with van der Waals surface area (Å²) in [5.41, 5.74) is 6.88. The Kier molecular flexibility index (Phi) is 4.45. The normalized spacial score (nSPS) is 25.6. The Hall–Kier alpha value is -1.39. The molecular formula is C16H24N2O2. The lowest BCUT2D eigenvalue weighted by Gasteiger charge is -2.49. The van der Waals surface area contributed by atoms with Gasteiger partial charge in [0.25, 0.3) is 0 Å². The first-order valence-electron chi connectivity index (χ1n) is 7.19. The molecule has 1 aromatic carbocycles. The number of aliphatic hydroxyl groups is 1. The maximum atomic E-state index is 12.0. The predicted octanol–water partition coefficient (Wildman–Crippen LogP) is 1.22. The van der Waals surface area contributed by atoms with Crippen molar-refractivity contribution in [2.45, 2.75) is 51.3 Å². The molecule has 0 radical (unpaired) electrons. The Bertz CT molecular complexity index is 459. The maximum Gasteiger partial charge on any atom is 0.237 e. The first kappa shape index (κ1) is 15.0. The second kappa shape index (κ2) is 5.94. The summed E-state index contributed by atoms with van der Waals surface area (Å²) in [6, 6.07) is 9.54. The number of carbonyl (C=O) groups is 1. The van der Waals surface area contributed by atoms with Gasteiger partial charge in [-0.15, -0.1) is 0 Å². The number of hydrogen-bond donors (Lipinski definition) is 3. The lowest BCUT2D eigenvalue weighted by molar-refractivity contribution is -0.130. The van der Waals surface area contributed by atoms with Gasteiger partial charge in [0.2, 0.25) is 5.91 Å². The Labute approximate surface area is 120 Å². The molecule has 0 heterocycles. The van der Waals surface area contributed by atoms with Crippen LogP contribution in [-0.4, -0.2) is 29.2 Å². The standard InChI is InChI=1S/C16H24N2O2/c1-16(2)13(10-14(16)19)18-15(20)12(17)9-8-11-6-4-3-5-7-11/h3-7,12-14,19H,8-10,17H2,1-2H3,(H,18,20)/t12-,13?,14?/m0/s1. The topological polar surface area (TPSA) is 75.3 Å². The molecule has 4 heteroatoms. The molecule has 1 aromatic rings. The SMILES string of the molecule is CC1(C)C(O)CC1NC(=O)[C@@H](N)CCc1ccccc1. The van der Waals surface area contributed by atoms with Gasteiger partial charge >= 0.3 is 0 Å². The highest BCUT2D eigenvalue weighted by molar-refractivity contribution is 5.82. The number of benzene rings is 1. The van der Waals surface area contributed by atoms with Crippen LogP contribution in [0.1, 0.15) is 32.3 Å². The van der Waals surface area contributed by atoms with E-state index in [1.165, 1.54) is 5.56 Å². The third-order valence-electron chi connectivity index (χ3n) is 4.46. The van der Waals surface area contributed by atoms with Crippen LogP contribution in [0.2, 0.25) is 0 Å². The van der Waals surface area contributed by atoms with Gasteiger partial charge in [-0.25, -0.2) is 0 Å². The molecule has 1 aliphatic rings. The summed E-state index contributed by atoms with van der Waals surface area (Å²) in [5.74, 6) is -0.120. The van der Waals surface area contributed by atoms with Crippen LogP contribution in [0.5, 0.6) is 0 Å². The predicted molar refractivity (Wildman–Crippen MR) is 79.1 cm³/mol. The minimum atomic E-state index is -0.497. The Balaban J connectivity index is 1.78. The minimum Gasteiger partial charge on any atom is -0.392 e. The van der Waals surface area contributed by atoms with Crippen molar-refractivity contribution in [3.8, 4) is 0 Å². The van der Waals surface area contributed by atoms with E-state index in [2.05, 4.69) is 5.32 Å². The molecule has 1 fully saturated rings. The fourth-order valence-electron chi connectivity index (χ4n) is 2.52. The molecule has 1 aliphatic carbocycles. The molecule has 0 spiro atoms. The zero-order chi connectivity index (χ0) is 14.8. The summed E-state index contributed by atoms with van der Waals surface area (Å²) < 4.78 is 0. The smallest absolute Gasteiger partial charge is 0.237 e. The summed E-state index contributed by atoms with van der Waals surface area (Å²) in [6.45, 7) is 3.92. The second-order valence-electron chi connectivity index (χ2n) is 6.26. The number of carbonyl (C=O) groups excluding carboxylic acids is 1. The Morgan fingerprint density at radius 1 is 1.45 bits per heavy atom. The van der Waals surface area contributed by atoms with Gasteiger partial charge in [0.15, 0.2) is 0 Å². The molecule has 110 valence electrons. The summed E-state index contributed by atoms with van der Waals surface area (Å²) in [4.78, 5) is 12.0. The van der Waals surface area contributed by atoms with Gasteiger partial charge < -0.3 is 16.2 Å². The molecule has 0 bridgehead atoms. The van der Waals surface area contributed by atoms with E-state index in [0.717, 1.165) is 6.42 Å². The fourth-order valence-corrected chi connectivity index (χ4v) is 2.52. The van der Waals surface area contributed by atoms with Crippen LogP contribution in [0.4, 0.5) is 0 Å². The minimum absolute atomic E-state index is 0.0211. The average Bonchev–Trinajstić information content (AvgIpc) is 2.45. The van der Waals surface area contributed by atoms with Crippen LogP contribution < -0.4 is 11.1 Å². The van der Waals surface area contributed by atoms with E-state index < -0.39 is 6.04 Å². The Morgan fingerprint density at radius 3 is 2.65 bits per heavy atom. The van der Waals surface area contributed by atoms with Crippen molar-refractivity contribution in [3.63, 3.8) is 0 Å². The molecule has 1 saturated carbocycles. The van der Waals surface area contributed by atoms with Gasteiger partial charge in [0, 0.05) is 11.5 Å². The highest BCUT2D eigenvalue weighted by Crippen LogP contribution is 2.40. The van der Waals surface area contributed by atoms with Crippen LogP contribution >= 0.6 is 0 Å². The van der Waals surface area contributed by atoms with E-state index in [0.29, 0.717) is 12.8 Å². The zero-order valence-corrected chi connectivity index (χ0v) is 12.2. The van der Waals surface area contributed by atoms with Crippen molar-refractivity contribution in [2.75, 3.05) is 0 Å². The summed E-state index contributed by atoms with van der Waals surface area (Å²) in [5, 5.41) is 12.6. The number of aryl methyl sites for hydroxylation is 1. The van der Waals surface area contributed by atoms with Gasteiger partial charge in [0.05, 0.1) is 12.1 Å². The third kappa shape index (κ3) is 3.19. The highest BCUT2D eigenvalue weighted by atomic mass is 16.3. The molecule has 4 nitrogen and oxygen atoms in total. The molecule has 0 aliphatic heterocycles. The third-order valence-corrected chi connectivity index (χ3v) is 4.46. The van der Waals surface area contributed by atoms with Crippen molar-refractivity contribution < 1.29 is 9.90 Å². The van der Waals surface area contributed by atoms with E-state index in [-0.39, 0.29) is 23.5 Å². The molecule has 4 N–H and O–H groups in total. The van der Waals surface area contributed by atoms with Crippen LogP contribution in [0.15, 0.2) is 30.3 Å². The van der Waals surface area contributed by atoms with Crippen LogP contribution in [0.3, 0.4) is 0 Å². The molecular weight excluding hydrogens is 252 g/mol. The first-order chi connectivity index (χ1) is 9.41. The zero-order valence-electron chi connectivity index (χ0n) is 12.2. The van der Waals surface area contributed by atoms with Crippen molar-refractivity contribution >= 4 is 5.91 Å². The van der Waals surface area contributed by atoms with Crippen LogP contribution in [-0.2, 0) is 11.2 Å². The molecule has 2 unspecified atom stereocenters. The van der Waals surface area contributed by atoms with E-state index >= 15 is 0 Å². The highest BCUT2D eigenvalue weighted by Gasteiger charge is 2.48. The number of rotatable bonds is 5. The Morgan fingerprint density at radius 2 is 2.10 bits per heavy atom. The molecule has 1 amide bonds. The lowest BCUT2D eigenvalue weighted by atomic mass is 9.64. The van der Waals surface area contributed by atoms with E-state index in [9.17, 15) is 9.90 Å². The van der Waals surface area contributed by atoms with Gasteiger partial charge in [-0.2, -0.15) is 0 Å². The number of aliphatic hydroxyl groups excluding tert-OH is 1. The van der Waals surface area contributed by atoms with Gasteiger partial charge in [0.1, 0.15) is 0 Å². The van der Waals surface area contributed by atoms with Gasteiger partial charge in [-0.1, -0.05) is 44.2 Å². The van der Waals surface area contributed by atoms with Crippen molar-refractivity contribution in [3.05, 3.63) is 35.9 Å². The lowest BCUT2D eigenvalue weighted by Crippen LogP contribution is -2.63. The summed E-state index contributed by atoms with van der Waals surface area (Å²) in [6.07, 6.45) is 1.70. The second-order valence-corrected chi connectivity index (χ2v) is 6.26. The molecule has 0 saturated heterocycles. The number of hydrogen-bond acceptors (Lipinski definition) is 3. The molecule has 0 aromatic heterocycles. The van der Waals surface area contributed by atoms with E-state index in [1.807, 2.05) is 44.2 Å². The van der Waals surface area contributed by atoms with Crippen molar-refractivity contribution in [1.29, 1.82) is 0 Å². The van der Waals surface area contributed by atoms with E-state index in [4.69, 9.17) is 5.73 Å². The van der Waals surface area contributed by atoms with Gasteiger partial charge in [-0.3, -0.25) is 4.79 Å². The van der Waals surface area contributed by atoms with Crippen LogP contribution in [0.25, 0.3) is 0 Å². The summed E-state index contributed by atoms with van der Waals surface area (Å²) in [7, 11) is 0. The number of nitrogens with two attached hydrogens (primary N) is 1. The average molecular weight is 276 g/mol. The number of amides is 1. The summed E-state index contributed by atoms with van der Waals surface area (Å²) >= 11 is 0. The van der Waals surface area contributed by atoms with E-state index in [1.54, 1.807) is 0 Å². The monoisotopic (exact) mass is 276 g/mol. The maximum absolute atomic E-state index is 12.0. The van der Waals surface area contributed by atoms with Crippen LogP contribution in [0, 0.1) is 5.41 Å². The first-order valence-corrected chi connectivity index (χ1v) is 7.19.